The average molecular weight is 346 g/mol. The van der Waals surface area contributed by atoms with Crippen molar-refractivity contribution in [2.75, 3.05) is 5.75 Å². The zero-order chi connectivity index (χ0) is 16.4. The molecule has 118 valence electrons. The molecule has 2 aromatic heterocycles. The van der Waals surface area contributed by atoms with Crippen LogP contribution in [-0.4, -0.2) is 26.1 Å². The highest BCUT2D eigenvalue weighted by molar-refractivity contribution is 7.99. The van der Waals surface area contributed by atoms with Crippen LogP contribution >= 0.6 is 23.4 Å². The predicted molar refractivity (Wildman–Crippen MR) is 93.9 cm³/mol. The molecule has 0 saturated heterocycles. The van der Waals surface area contributed by atoms with E-state index >= 15 is 0 Å². The third kappa shape index (κ3) is 3.51. The Labute approximate surface area is 143 Å². The predicted octanol–water partition coefficient (Wildman–Crippen LogP) is 4.45. The van der Waals surface area contributed by atoms with E-state index in [1.807, 2.05) is 54.9 Å². The van der Waals surface area contributed by atoms with E-state index in [0.717, 1.165) is 27.8 Å². The highest BCUT2D eigenvalue weighted by Gasteiger charge is 2.14. The van der Waals surface area contributed by atoms with Crippen LogP contribution in [0.3, 0.4) is 0 Å². The Kier molecular flexibility index (Phi) is 4.59. The van der Waals surface area contributed by atoms with E-state index in [-0.39, 0.29) is 5.78 Å². The van der Waals surface area contributed by atoms with E-state index in [2.05, 4.69) is 9.97 Å². The lowest BCUT2D eigenvalue weighted by Gasteiger charge is -2.07. The number of halogens is 1. The summed E-state index contributed by atoms with van der Waals surface area (Å²) in [4.78, 5) is 19.9. The van der Waals surface area contributed by atoms with Crippen molar-refractivity contribution < 1.29 is 4.79 Å². The minimum atomic E-state index is 0.0949. The maximum atomic E-state index is 12.4. The number of thioether (sulfide) groups is 1. The molecule has 1 aromatic carbocycles. The quantitative estimate of drug-likeness (QED) is 0.549. The fourth-order valence-electron chi connectivity index (χ4n) is 2.44. The molecule has 3 rings (SSSR count). The number of imidazole rings is 1. The Hall–Kier alpha value is -1.98. The molecule has 0 amide bonds. The monoisotopic (exact) mass is 345 g/mol. The summed E-state index contributed by atoms with van der Waals surface area (Å²) in [5.74, 6) is 0.438. The van der Waals surface area contributed by atoms with Crippen molar-refractivity contribution in [1.29, 1.82) is 0 Å². The van der Waals surface area contributed by atoms with Gasteiger partial charge in [-0.1, -0.05) is 29.4 Å². The minimum absolute atomic E-state index is 0.0949. The maximum Gasteiger partial charge on any atom is 0.174 e. The molecule has 1 N–H and O–H groups in total. The number of hydrogen-bond acceptors (Lipinski definition) is 3. The van der Waals surface area contributed by atoms with Gasteiger partial charge in [0.05, 0.1) is 5.75 Å². The molecule has 0 aliphatic heterocycles. The fourth-order valence-corrected chi connectivity index (χ4v) is 3.48. The molecule has 0 aliphatic rings. The van der Waals surface area contributed by atoms with Gasteiger partial charge in [-0.2, -0.15) is 0 Å². The summed E-state index contributed by atoms with van der Waals surface area (Å²) in [5, 5.41) is 1.44. The van der Waals surface area contributed by atoms with Gasteiger partial charge in [0.2, 0.25) is 0 Å². The number of hydrogen-bond donors (Lipinski definition) is 1. The van der Waals surface area contributed by atoms with Crippen molar-refractivity contribution >= 4 is 29.1 Å². The number of aromatic nitrogens is 3. The highest BCUT2D eigenvalue weighted by Crippen LogP contribution is 2.23. The van der Waals surface area contributed by atoms with Gasteiger partial charge in [-0.05, 0) is 38.1 Å². The summed E-state index contributed by atoms with van der Waals surface area (Å²) in [7, 11) is 0. The Morgan fingerprint density at radius 2 is 2.17 bits per heavy atom. The summed E-state index contributed by atoms with van der Waals surface area (Å²) in [6, 6.07) is 9.44. The molecule has 0 fully saturated rings. The van der Waals surface area contributed by atoms with Crippen LogP contribution in [-0.2, 0) is 0 Å². The largest absolute Gasteiger partial charge is 0.362 e. The minimum Gasteiger partial charge on any atom is -0.362 e. The Morgan fingerprint density at radius 3 is 2.87 bits per heavy atom. The first-order valence-electron chi connectivity index (χ1n) is 7.16. The van der Waals surface area contributed by atoms with Gasteiger partial charge in [0.1, 0.15) is 0 Å². The lowest BCUT2D eigenvalue weighted by atomic mass is 10.2. The summed E-state index contributed by atoms with van der Waals surface area (Å²) >= 11 is 7.46. The molecule has 0 atom stereocenters. The molecule has 0 saturated carbocycles. The number of rotatable bonds is 5. The van der Waals surface area contributed by atoms with Gasteiger partial charge in [-0.15, -0.1) is 0 Å². The number of nitrogens with zero attached hydrogens (tertiary/aromatic N) is 2. The van der Waals surface area contributed by atoms with Crippen molar-refractivity contribution in [1.82, 2.24) is 14.5 Å². The number of Topliss-reactive ketones (excluding diaryl/α,β-unsaturated/α-hetero) is 1. The third-order valence-corrected chi connectivity index (χ3v) is 4.68. The second kappa shape index (κ2) is 6.64. The van der Waals surface area contributed by atoms with Crippen molar-refractivity contribution in [2.24, 2.45) is 0 Å². The molecule has 0 bridgehead atoms. The van der Waals surface area contributed by atoms with Gasteiger partial charge in [0, 0.05) is 40.1 Å². The van der Waals surface area contributed by atoms with Crippen molar-refractivity contribution in [3.63, 3.8) is 0 Å². The van der Waals surface area contributed by atoms with Gasteiger partial charge in [0.25, 0.3) is 0 Å². The van der Waals surface area contributed by atoms with E-state index in [4.69, 9.17) is 11.6 Å². The molecule has 0 radical (unpaired) electrons. The molecular weight excluding hydrogens is 330 g/mol. The number of carbonyl (C=O) groups is 1. The normalized spacial score (nSPS) is 10.9. The molecule has 3 aromatic rings. The summed E-state index contributed by atoms with van der Waals surface area (Å²) in [5.41, 5.74) is 3.58. The van der Waals surface area contributed by atoms with E-state index in [1.54, 1.807) is 6.20 Å². The Morgan fingerprint density at radius 1 is 1.35 bits per heavy atom. The molecule has 0 spiro atoms. The number of carbonyl (C=O) groups excluding carboxylic acids is 1. The van der Waals surface area contributed by atoms with Gasteiger partial charge < -0.3 is 4.98 Å². The van der Waals surface area contributed by atoms with Crippen molar-refractivity contribution in [3.8, 4) is 5.69 Å². The fraction of sp³-hybridized carbons (Fsp3) is 0.176. The number of nitrogens with one attached hydrogen (secondary N) is 1. The van der Waals surface area contributed by atoms with Crippen LogP contribution in [0.25, 0.3) is 5.69 Å². The first kappa shape index (κ1) is 15.9. The summed E-state index contributed by atoms with van der Waals surface area (Å²) in [6.45, 7) is 3.86. The molecule has 2 heterocycles. The van der Waals surface area contributed by atoms with Gasteiger partial charge >= 0.3 is 0 Å². The summed E-state index contributed by atoms with van der Waals surface area (Å²) in [6.07, 6.45) is 3.59. The Bertz CT molecular complexity index is 853. The number of aryl methyl sites for hydroxylation is 2. The van der Waals surface area contributed by atoms with Crippen LogP contribution in [0.15, 0.2) is 47.9 Å². The van der Waals surface area contributed by atoms with Gasteiger partial charge in [-0.25, -0.2) is 4.98 Å². The SMILES string of the molecule is Cc1cc(C(=O)CSc2nccn2-c2cccc(Cl)c2)c(C)[nH]1. The number of ketones is 1. The molecule has 0 unspecified atom stereocenters. The van der Waals surface area contributed by atoms with Crippen LogP contribution in [0.4, 0.5) is 0 Å². The Balaban J connectivity index is 1.76. The van der Waals surface area contributed by atoms with E-state index in [0.29, 0.717) is 10.8 Å². The molecule has 0 aliphatic carbocycles. The number of benzene rings is 1. The van der Waals surface area contributed by atoms with E-state index in [9.17, 15) is 4.79 Å². The van der Waals surface area contributed by atoms with Crippen molar-refractivity contribution in [2.45, 2.75) is 19.0 Å². The maximum absolute atomic E-state index is 12.4. The smallest absolute Gasteiger partial charge is 0.174 e. The van der Waals surface area contributed by atoms with Gasteiger partial charge in [-0.3, -0.25) is 9.36 Å². The van der Waals surface area contributed by atoms with Crippen LogP contribution in [0, 0.1) is 13.8 Å². The lowest BCUT2D eigenvalue weighted by Crippen LogP contribution is -2.04. The van der Waals surface area contributed by atoms with Crippen molar-refractivity contribution in [3.05, 3.63) is 64.7 Å². The van der Waals surface area contributed by atoms with E-state index < -0.39 is 0 Å². The van der Waals surface area contributed by atoms with Crippen LogP contribution < -0.4 is 0 Å². The first-order chi connectivity index (χ1) is 11.0. The lowest BCUT2D eigenvalue weighted by molar-refractivity contribution is 0.102. The molecule has 23 heavy (non-hydrogen) atoms. The topological polar surface area (TPSA) is 50.7 Å². The third-order valence-electron chi connectivity index (χ3n) is 3.48. The first-order valence-corrected chi connectivity index (χ1v) is 8.52. The van der Waals surface area contributed by atoms with Gasteiger partial charge in [0.15, 0.2) is 10.9 Å². The zero-order valence-electron chi connectivity index (χ0n) is 12.8. The van der Waals surface area contributed by atoms with E-state index in [1.165, 1.54) is 11.8 Å². The number of aromatic amines is 1. The zero-order valence-corrected chi connectivity index (χ0v) is 14.4. The number of H-pyrrole nitrogens is 1. The standard InChI is InChI=1S/C17H16ClN3OS/c1-11-8-15(12(2)20-11)16(22)10-23-17-19-6-7-21(17)14-5-3-4-13(18)9-14/h3-9,20H,10H2,1-2H3. The van der Waals surface area contributed by atoms with Crippen LogP contribution in [0.2, 0.25) is 5.02 Å². The summed E-state index contributed by atoms with van der Waals surface area (Å²) < 4.78 is 1.93. The van der Waals surface area contributed by atoms with Crippen LogP contribution in [0.5, 0.6) is 0 Å². The average Bonchev–Trinajstić information content (AvgIpc) is 3.11. The molecular formula is C17H16ClN3OS. The molecule has 4 nitrogen and oxygen atoms in total. The molecule has 6 heteroatoms. The second-order valence-electron chi connectivity index (χ2n) is 5.26. The highest BCUT2D eigenvalue weighted by atomic mass is 35.5. The van der Waals surface area contributed by atoms with Crippen LogP contribution in [0.1, 0.15) is 21.7 Å². The second-order valence-corrected chi connectivity index (χ2v) is 6.64.